The lowest BCUT2D eigenvalue weighted by atomic mass is 10.2. The molecule has 0 bridgehead atoms. The number of benzene rings is 1. The fraction of sp³-hybridized carbons (Fsp3) is 0.286. The van der Waals surface area contributed by atoms with Gasteiger partial charge in [-0.2, -0.15) is 5.10 Å². The van der Waals surface area contributed by atoms with Crippen molar-refractivity contribution in [1.29, 1.82) is 0 Å². The predicted molar refractivity (Wildman–Crippen MR) is 75.1 cm³/mol. The van der Waals surface area contributed by atoms with Crippen LogP contribution in [0.15, 0.2) is 30.5 Å². The minimum absolute atomic E-state index is 0.190. The van der Waals surface area contributed by atoms with Gasteiger partial charge in [0.05, 0.1) is 18.4 Å². The van der Waals surface area contributed by atoms with E-state index in [1.165, 1.54) is 6.20 Å². The first-order valence-electron chi connectivity index (χ1n) is 6.24. The van der Waals surface area contributed by atoms with Gasteiger partial charge < -0.3 is 14.8 Å². The minimum atomic E-state index is -0.190. The maximum Gasteiger partial charge on any atom is 0.259 e. The molecular weight excluding hydrogens is 258 g/mol. The van der Waals surface area contributed by atoms with Crippen LogP contribution in [0.4, 0.5) is 5.69 Å². The maximum atomic E-state index is 12.0. The Hall–Kier alpha value is -2.34. The number of aromatic nitrogens is 2. The number of ether oxygens (including phenoxy) is 2. The molecule has 2 aromatic rings. The number of carbonyl (C=O) groups excluding carboxylic acids is 1. The Balaban J connectivity index is 1.93. The molecule has 0 radical (unpaired) electrons. The molecule has 6 nitrogen and oxygen atoms in total. The van der Waals surface area contributed by atoms with Gasteiger partial charge in [0.25, 0.3) is 5.91 Å². The predicted octanol–water partition coefficient (Wildman–Crippen LogP) is 2.00. The number of amides is 1. The van der Waals surface area contributed by atoms with Crippen molar-refractivity contribution in [3.63, 3.8) is 0 Å². The number of aryl methyl sites for hydroxylation is 1. The number of nitrogens with zero attached hydrogens (tertiary/aromatic N) is 1. The molecule has 20 heavy (non-hydrogen) atoms. The Morgan fingerprint density at radius 1 is 1.30 bits per heavy atom. The smallest absolute Gasteiger partial charge is 0.259 e. The zero-order valence-electron chi connectivity index (χ0n) is 11.5. The van der Waals surface area contributed by atoms with Crippen LogP contribution in [0.3, 0.4) is 0 Å². The number of hydrogen-bond acceptors (Lipinski definition) is 4. The van der Waals surface area contributed by atoms with Crippen LogP contribution in [0.2, 0.25) is 0 Å². The van der Waals surface area contributed by atoms with Crippen molar-refractivity contribution in [2.45, 2.75) is 6.92 Å². The monoisotopic (exact) mass is 275 g/mol. The summed E-state index contributed by atoms with van der Waals surface area (Å²) in [6.45, 7) is 2.84. The first-order chi connectivity index (χ1) is 9.70. The van der Waals surface area contributed by atoms with Crippen molar-refractivity contribution in [2.75, 3.05) is 25.6 Å². The summed E-state index contributed by atoms with van der Waals surface area (Å²) in [5.41, 5.74) is 1.97. The van der Waals surface area contributed by atoms with E-state index in [1.807, 2.05) is 0 Å². The maximum absolute atomic E-state index is 12.0. The van der Waals surface area contributed by atoms with Gasteiger partial charge >= 0.3 is 0 Å². The molecule has 1 aromatic heterocycles. The van der Waals surface area contributed by atoms with Gasteiger partial charge in [-0.05, 0) is 31.2 Å². The zero-order valence-corrected chi connectivity index (χ0v) is 11.5. The first kappa shape index (κ1) is 14.1. The normalized spacial score (nSPS) is 10.3. The molecule has 6 heteroatoms. The number of carbonyl (C=O) groups is 1. The van der Waals surface area contributed by atoms with Crippen molar-refractivity contribution < 1.29 is 14.3 Å². The molecule has 2 rings (SSSR count). The molecule has 1 amide bonds. The highest BCUT2D eigenvalue weighted by molar-refractivity contribution is 6.04. The Morgan fingerprint density at radius 3 is 2.65 bits per heavy atom. The molecule has 0 spiro atoms. The number of nitrogens with one attached hydrogen (secondary N) is 2. The van der Waals surface area contributed by atoms with Crippen molar-refractivity contribution >= 4 is 11.6 Å². The Kier molecular flexibility index (Phi) is 4.73. The van der Waals surface area contributed by atoms with E-state index in [9.17, 15) is 4.79 Å². The van der Waals surface area contributed by atoms with Gasteiger partial charge in [0.2, 0.25) is 0 Å². The van der Waals surface area contributed by atoms with E-state index < -0.39 is 0 Å². The highest BCUT2D eigenvalue weighted by Crippen LogP contribution is 2.16. The number of H-pyrrole nitrogens is 1. The Morgan fingerprint density at radius 2 is 2.05 bits per heavy atom. The van der Waals surface area contributed by atoms with Gasteiger partial charge in [-0.15, -0.1) is 0 Å². The molecule has 0 aliphatic rings. The lowest BCUT2D eigenvalue weighted by Gasteiger charge is -2.07. The summed E-state index contributed by atoms with van der Waals surface area (Å²) < 4.78 is 10.3. The number of rotatable bonds is 6. The number of aromatic amines is 1. The van der Waals surface area contributed by atoms with Crippen LogP contribution in [0.5, 0.6) is 5.75 Å². The van der Waals surface area contributed by atoms with E-state index in [2.05, 4.69) is 15.5 Å². The van der Waals surface area contributed by atoms with Crippen LogP contribution in [0.1, 0.15) is 16.1 Å². The summed E-state index contributed by atoms with van der Waals surface area (Å²) in [5, 5.41) is 9.35. The highest BCUT2D eigenvalue weighted by Gasteiger charge is 2.10. The Bertz CT molecular complexity index is 563. The second-order valence-corrected chi connectivity index (χ2v) is 4.23. The van der Waals surface area contributed by atoms with Crippen LogP contribution >= 0.6 is 0 Å². The molecule has 2 N–H and O–H groups in total. The Labute approximate surface area is 117 Å². The molecule has 0 unspecified atom stereocenters. The summed E-state index contributed by atoms with van der Waals surface area (Å²) in [5.74, 6) is 0.545. The molecular formula is C14H17N3O3. The van der Waals surface area contributed by atoms with Crippen molar-refractivity contribution in [1.82, 2.24) is 10.2 Å². The van der Waals surface area contributed by atoms with Gasteiger partial charge in [0.1, 0.15) is 12.4 Å². The van der Waals surface area contributed by atoms with Crippen molar-refractivity contribution in [3.8, 4) is 5.75 Å². The molecule has 1 aromatic carbocycles. The quantitative estimate of drug-likeness (QED) is 0.790. The van der Waals surface area contributed by atoms with Crippen LogP contribution in [0, 0.1) is 6.92 Å². The van der Waals surface area contributed by atoms with E-state index in [-0.39, 0.29) is 5.91 Å². The van der Waals surface area contributed by atoms with Crippen LogP contribution < -0.4 is 10.1 Å². The lowest BCUT2D eigenvalue weighted by Crippen LogP contribution is -2.12. The zero-order chi connectivity index (χ0) is 14.4. The summed E-state index contributed by atoms with van der Waals surface area (Å²) in [7, 11) is 1.62. The van der Waals surface area contributed by atoms with Gasteiger partial charge in [-0.1, -0.05) is 0 Å². The summed E-state index contributed by atoms with van der Waals surface area (Å²) >= 11 is 0. The van der Waals surface area contributed by atoms with Gasteiger partial charge in [0, 0.05) is 18.5 Å². The summed E-state index contributed by atoms with van der Waals surface area (Å²) in [6, 6.07) is 7.17. The fourth-order valence-electron chi connectivity index (χ4n) is 1.66. The lowest BCUT2D eigenvalue weighted by molar-refractivity contribution is 0.102. The van der Waals surface area contributed by atoms with Crippen molar-refractivity contribution in [2.24, 2.45) is 0 Å². The summed E-state index contributed by atoms with van der Waals surface area (Å²) in [6.07, 6.45) is 1.51. The molecule has 0 atom stereocenters. The van der Waals surface area contributed by atoms with E-state index >= 15 is 0 Å². The third kappa shape index (κ3) is 3.58. The van der Waals surface area contributed by atoms with E-state index in [1.54, 1.807) is 38.3 Å². The fourth-order valence-corrected chi connectivity index (χ4v) is 1.66. The number of methoxy groups -OCH3 is 1. The number of hydrogen-bond donors (Lipinski definition) is 2. The molecule has 0 saturated carbocycles. The van der Waals surface area contributed by atoms with E-state index in [0.717, 1.165) is 11.4 Å². The van der Waals surface area contributed by atoms with Crippen LogP contribution in [-0.2, 0) is 4.74 Å². The summed E-state index contributed by atoms with van der Waals surface area (Å²) in [4.78, 5) is 12.0. The third-order valence-electron chi connectivity index (χ3n) is 2.74. The second-order valence-electron chi connectivity index (χ2n) is 4.23. The molecule has 0 saturated heterocycles. The standard InChI is InChI=1S/C14H17N3O3/c1-10-13(9-15-17-10)14(18)16-11-3-5-12(6-4-11)20-8-7-19-2/h3-6,9H,7-8H2,1-2H3,(H,15,17)(H,16,18). The van der Waals surface area contributed by atoms with Crippen LogP contribution in [0.25, 0.3) is 0 Å². The molecule has 106 valence electrons. The van der Waals surface area contributed by atoms with Gasteiger partial charge in [0.15, 0.2) is 0 Å². The SMILES string of the molecule is COCCOc1ccc(NC(=O)c2cn[nH]c2C)cc1. The highest BCUT2D eigenvalue weighted by atomic mass is 16.5. The largest absolute Gasteiger partial charge is 0.491 e. The van der Waals surface area contributed by atoms with E-state index in [0.29, 0.717) is 24.5 Å². The van der Waals surface area contributed by atoms with E-state index in [4.69, 9.17) is 9.47 Å². The van der Waals surface area contributed by atoms with Gasteiger partial charge in [-0.3, -0.25) is 9.89 Å². The topological polar surface area (TPSA) is 76.2 Å². The molecule has 0 aliphatic carbocycles. The number of anilines is 1. The van der Waals surface area contributed by atoms with Crippen LogP contribution in [-0.4, -0.2) is 36.4 Å². The first-order valence-corrected chi connectivity index (χ1v) is 6.24. The molecule has 0 fully saturated rings. The third-order valence-corrected chi connectivity index (χ3v) is 2.74. The molecule has 1 heterocycles. The minimum Gasteiger partial charge on any atom is -0.491 e. The average Bonchev–Trinajstić information content (AvgIpc) is 2.87. The average molecular weight is 275 g/mol. The van der Waals surface area contributed by atoms with Crippen molar-refractivity contribution in [3.05, 3.63) is 41.7 Å². The molecule has 0 aliphatic heterocycles. The second kappa shape index (κ2) is 6.72. The van der Waals surface area contributed by atoms with Gasteiger partial charge in [-0.25, -0.2) is 0 Å².